The first-order valence-corrected chi connectivity index (χ1v) is 9.20. The third-order valence-corrected chi connectivity index (χ3v) is 4.72. The highest BCUT2D eigenvalue weighted by molar-refractivity contribution is 5.99. The van der Waals surface area contributed by atoms with Gasteiger partial charge < -0.3 is 9.42 Å². The van der Waals surface area contributed by atoms with Crippen molar-refractivity contribution in [2.45, 2.75) is 0 Å². The number of hydrogen-bond acceptors (Lipinski definition) is 5. The monoisotopic (exact) mass is 403 g/mol. The Kier molecular flexibility index (Phi) is 5.02. The molecule has 4 aromatic rings. The molecule has 0 bridgehead atoms. The fraction of sp³-hybridized carbons (Fsp3) is 0.0870. The van der Waals surface area contributed by atoms with Crippen molar-refractivity contribution in [2.24, 2.45) is 0 Å². The molecule has 0 radical (unpaired) electrons. The van der Waals surface area contributed by atoms with Crippen LogP contribution < -0.4 is 10.5 Å². The molecule has 0 saturated heterocycles. The first kappa shape index (κ1) is 19.3. The Balaban J connectivity index is 1.90. The molecule has 6 nitrogen and oxygen atoms in total. The molecule has 0 aliphatic carbocycles. The van der Waals surface area contributed by atoms with E-state index >= 15 is 0 Å². The minimum absolute atomic E-state index is 0.180. The van der Waals surface area contributed by atoms with Crippen molar-refractivity contribution in [2.75, 3.05) is 19.0 Å². The molecule has 0 N–H and O–H groups in total. The molecule has 7 heteroatoms. The molecule has 30 heavy (non-hydrogen) atoms. The number of carbonyl (C=O) groups excluding carboxylic acids is 1. The molecular formula is C23H18FN3O3. The van der Waals surface area contributed by atoms with Crippen LogP contribution in [0.15, 0.2) is 82.4 Å². The predicted molar refractivity (Wildman–Crippen MR) is 112 cm³/mol. The van der Waals surface area contributed by atoms with Gasteiger partial charge in [-0.1, -0.05) is 12.1 Å². The maximum atomic E-state index is 13.4. The summed E-state index contributed by atoms with van der Waals surface area (Å²) in [5, 5.41) is 0. The topological polar surface area (TPSA) is 68.3 Å². The molecule has 2 heterocycles. The smallest absolute Gasteiger partial charge is 0.366 e. The van der Waals surface area contributed by atoms with Gasteiger partial charge in [0.25, 0.3) is 5.91 Å². The second-order valence-electron chi connectivity index (χ2n) is 6.89. The highest BCUT2D eigenvalue weighted by Crippen LogP contribution is 2.31. The minimum Gasteiger partial charge on any atom is -0.378 e. The van der Waals surface area contributed by atoms with E-state index in [0.717, 1.165) is 10.4 Å². The first-order valence-electron chi connectivity index (χ1n) is 9.20. The van der Waals surface area contributed by atoms with E-state index in [0.29, 0.717) is 16.7 Å². The molecule has 150 valence electrons. The van der Waals surface area contributed by atoms with Crippen molar-refractivity contribution in [1.82, 2.24) is 9.72 Å². The summed E-state index contributed by atoms with van der Waals surface area (Å²) in [6, 6.07) is 15.8. The van der Waals surface area contributed by atoms with Gasteiger partial charge in [-0.05, 0) is 54.1 Å². The van der Waals surface area contributed by atoms with Gasteiger partial charge in [-0.25, -0.2) is 9.18 Å². The Morgan fingerprint density at radius 2 is 1.57 bits per heavy atom. The van der Waals surface area contributed by atoms with Gasteiger partial charge >= 0.3 is 5.63 Å². The zero-order valence-electron chi connectivity index (χ0n) is 16.4. The van der Waals surface area contributed by atoms with E-state index in [1.807, 2.05) is 31.1 Å². The van der Waals surface area contributed by atoms with Crippen LogP contribution in [0.25, 0.3) is 22.4 Å². The molecule has 0 amide bonds. The number of rotatable bonds is 4. The van der Waals surface area contributed by atoms with Gasteiger partial charge in [0.05, 0.1) is 5.56 Å². The van der Waals surface area contributed by atoms with Gasteiger partial charge in [-0.15, -0.1) is 4.74 Å². The third-order valence-electron chi connectivity index (χ3n) is 4.72. The lowest BCUT2D eigenvalue weighted by molar-refractivity contribution is 0.0843. The molecule has 0 saturated carbocycles. The SMILES string of the molecule is CN(C)c1ccc(C(=O)n2oc(=O)c(-c3ccc(F)cc3)c2-c2ccncc2)cc1. The summed E-state index contributed by atoms with van der Waals surface area (Å²) in [6.07, 6.45) is 3.11. The highest BCUT2D eigenvalue weighted by atomic mass is 19.1. The standard InChI is InChI=1S/C23H18FN3O3/c1-26(2)19-9-5-17(6-10-19)22(28)27-21(16-11-13-25-14-12-16)20(23(29)30-27)15-3-7-18(24)8-4-15/h3-14H,1-2H3. The van der Waals surface area contributed by atoms with Crippen molar-refractivity contribution in [3.8, 4) is 22.4 Å². The average Bonchev–Trinajstić information content (AvgIpc) is 3.11. The van der Waals surface area contributed by atoms with Gasteiger partial charge in [0.15, 0.2) is 0 Å². The summed E-state index contributed by atoms with van der Waals surface area (Å²) >= 11 is 0. The van der Waals surface area contributed by atoms with Crippen LogP contribution >= 0.6 is 0 Å². The molecule has 4 rings (SSSR count). The Labute approximate surface area is 171 Å². The number of anilines is 1. The average molecular weight is 403 g/mol. The van der Waals surface area contributed by atoms with Crippen molar-refractivity contribution in [3.05, 3.63) is 94.9 Å². The summed E-state index contributed by atoms with van der Waals surface area (Å²) < 4.78 is 19.8. The van der Waals surface area contributed by atoms with E-state index in [9.17, 15) is 14.0 Å². The minimum atomic E-state index is -0.688. The quantitative estimate of drug-likeness (QED) is 0.514. The van der Waals surface area contributed by atoms with Gasteiger partial charge in [0.2, 0.25) is 0 Å². The van der Waals surface area contributed by atoms with Crippen LogP contribution in [-0.2, 0) is 0 Å². The summed E-state index contributed by atoms with van der Waals surface area (Å²) in [7, 11) is 3.80. The number of pyridine rings is 1. The Bertz CT molecular complexity index is 1240. The van der Waals surface area contributed by atoms with E-state index in [-0.39, 0.29) is 11.3 Å². The molecular weight excluding hydrogens is 385 g/mol. The predicted octanol–water partition coefficient (Wildman–Crippen LogP) is 4.06. The summed E-state index contributed by atoms with van der Waals surface area (Å²) in [4.78, 5) is 31.9. The number of carbonyl (C=O) groups is 1. The summed E-state index contributed by atoms with van der Waals surface area (Å²) in [5.74, 6) is -0.914. The van der Waals surface area contributed by atoms with Crippen molar-refractivity contribution < 1.29 is 13.7 Å². The van der Waals surface area contributed by atoms with Crippen LogP contribution in [0, 0.1) is 5.82 Å². The van der Waals surface area contributed by atoms with Gasteiger partial charge in [-0.2, -0.15) is 0 Å². The lowest BCUT2D eigenvalue weighted by atomic mass is 10.0. The Morgan fingerprint density at radius 1 is 0.933 bits per heavy atom. The van der Waals surface area contributed by atoms with Crippen molar-refractivity contribution in [1.29, 1.82) is 0 Å². The number of benzene rings is 2. The zero-order valence-corrected chi connectivity index (χ0v) is 16.4. The van der Waals surface area contributed by atoms with Crippen LogP contribution in [0.2, 0.25) is 0 Å². The number of hydrogen-bond donors (Lipinski definition) is 0. The maximum Gasteiger partial charge on any atom is 0.366 e. The van der Waals surface area contributed by atoms with E-state index in [4.69, 9.17) is 4.52 Å². The summed E-state index contributed by atoms with van der Waals surface area (Å²) in [5.41, 5.74) is 2.10. The van der Waals surface area contributed by atoms with Crippen molar-refractivity contribution in [3.63, 3.8) is 0 Å². The number of aromatic nitrogens is 2. The summed E-state index contributed by atoms with van der Waals surface area (Å²) in [6.45, 7) is 0. The lowest BCUT2D eigenvalue weighted by Crippen LogP contribution is -2.14. The van der Waals surface area contributed by atoms with Crippen LogP contribution in [-0.4, -0.2) is 29.7 Å². The van der Waals surface area contributed by atoms with E-state index in [2.05, 4.69) is 4.98 Å². The molecule has 0 fully saturated rings. The lowest BCUT2D eigenvalue weighted by Gasteiger charge is -2.12. The van der Waals surface area contributed by atoms with E-state index in [1.54, 1.807) is 36.7 Å². The van der Waals surface area contributed by atoms with E-state index < -0.39 is 17.3 Å². The van der Waals surface area contributed by atoms with Crippen LogP contribution in [0.4, 0.5) is 10.1 Å². The molecule has 0 aliphatic rings. The van der Waals surface area contributed by atoms with Gasteiger partial charge in [-0.3, -0.25) is 9.78 Å². The Hall–Kier alpha value is -4.00. The fourth-order valence-corrected chi connectivity index (χ4v) is 3.18. The second kappa shape index (κ2) is 7.79. The maximum absolute atomic E-state index is 13.4. The fourth-order valence-electron chi connectivity index (χ4n) is 3.18. The molecule has 0 atom stereocenters. The molecule has 0 aliphatic heterocycles. The molecule has 0 spiro atoms. The number of halogens is 1. The molecule has 0 unspecified atom stereocenters. The zero-order chi connectivity index (χ0) is 21.3. The Morgan fingerprint density at radius 3 is 2.17 bits per heavy atom. The normalized spacial score (nSPS) is 10.8. The van der Waals surface area contributed by atoms with E-state index in [1.165, 1.54) is 24.3 Å². The molecule has 2 aromatic heterocycles. The van der Waals surface area contributed by atoms with Crippen molar-refractivity contribution >= 4 is 11.6 Å². The van der Waals surface area contributed by atoms with Crippen LogP contribution in [0.3, 0.4) is 0 Å². The highest BCUT2D eigenvalue weighted by Gasteiger charge is 2.25. The third kappa shape index (κ3) is 3.53. The van der Waals surface area contributed by atoms with Crippen LogP contribution in [0.1, 0.15) is 10.4 Å². The van der Waals surface area contributed by atoms with Crippen LogP contribution in [0.5, 0.6) is 0 Å². The number of nitrogens with zero attached hydrogens (tertiary/aromatic N) is 3. The second-order valence-corrected chi connectivity index (χ2v) is 6.89. The van der Waals surface area contributed by atoms with Gasteiger partial charge in [0.1, 0.15) is 11.5 Å². The molecule has 2 aromatic carbocycles. The first-order chi connectivity index (χ1) is 14.5. The van der Waals surface area contributed by atoms with Gasteiger partial charge in [0, 0.05) is 43.3 Å². The largest absolute Gasteiger partial charge is 0.378 e.